The van der Waals surface area contributed by atoms with Crippen molar-refractivity contribution in [3.63, 3.8) is 0 Å². The summed E-state index contributed by atoms with van der Waals surface area (Å²) in [6.45, 7) is 6.44. The van der Waals surface area contributed by atoms with Gasteiger partial charge in [-0.15, -0.1) is 11.3 Å². The standard InChI is InChI=1S/C22H28FN3S/c1-15-13-21-20(9-12-27-21)22(25(15)3)24-19-7-10-26(11-8-19)16(2)17-5-4-6-18(23)14-17/h4-6,9,12-14,16,19,22,24H,7-8,10-11H2,1-3H3. The average Bonchev–Trinajstić information content (AvgIpc) is 3.13. The summed E-state index contributed by atoms with van der Waals surface area (Å²) >= 11 is 1.82. The fraction of sp³-hybridized carbons (Fsp3) is 0.455. The number of halogens is 1. The molecule has 2 unspecified atom stereocenters. The summed E-state index contributed by atoms with van der Waals surface area (Å²) in [7, 11) is 2.17. The minimum atomic E-state index is -0.147. The lowest BCUT2D eigenvalue weighted by Crippen LogP contribution is -2.48. The zero-order chi connectivity index (χ0) is 19.0. The molecule has 1 aromatic heterocycles. The number of nitrogens with zero attached hydrogens (tertiary/aromatic N) is 2. The van der Waals surface area contributed by atoms with Crippen LogP contribution in [-0.2, 0) is 0 Å². The molecule has 2 atom stereocenters. The van der Waals surface area contributed by atoms with Gasteiger partial charge in [-0.1, -0.05) is 12.1 Å². The van der Waals surface area contributed by atoms with E-state index >= 15 is 0 Å². The maximum atomic E-state index is 13.5. The van der Waals surface area contributed by atoms with Crippen LogP contribution >= 0.6 is 11.3 Å². The van der Waals surface area contributed by atoms with Crippen LogP contribution in [0.15, 0.2) is 41.4 Å². The molecule has 4 rings (SSSR count). The number of piperidine rings is 1. The summed E-state index contributed by atoms with van der Waals surface area (Å²) in [5, 5.41) is 6.08. The maximum absolute atomic E-state index is 13.5. The molecule has 1 saturated heterocycles. The largest absolute Gasteiger partial charge is 0.359 e. The molecule has 1 aromatic carbocycles. The van der Waals surface area contributed by atoms with Crippen molar-refractivity contribution in [3.8, 4) is 0 Å². The minimum Gasteiger partial charge on any atom is -0.359 e. The van der Waals surface area contributed by atoms with E-state index < -0.39 is 0 Å². The molecule has 0 amide bonds. The molecule has 2 aliphatic rings. The smallest absolute Gasteiger partial charge is 0.123 e. The number of benzene rings is 1. The van der Waals surface area contributed by atoms with E-state index in [2.05, 4.69) is 53.5 Å². The summed E-state index contributed by atoms with van der Waals surface area (Å²) in [6, 6.07) is 10.0. The van der Waals surface area contributed by atoms with Crippen molar-refractivity contribution in [2.24, 2.45) is 0 Å². The summed E-state index contributed by atoms with van der Waals surface area (Å²) < 4.78 is 13.5. The molecule has 2 aromatic rings. The zero-order valence-electron chi connectivity index (χ0n) is 16.3. The third-order valence-corrected chi connectivity index (χ3v) is 6.99. The Hall–Kier alpha value is -1.69. The van der Waals surface area contributed by atoms with Crippen molar-refractivity contribution >= 4 is 17.4 Å². The second kappa shape index (κ2) is 7.74. The van der Waals surface area contributed by atoms with E-state index in [1.165, 1.54) is 22.2 Å². The molecule has 0 aliphatic carbocycles. The molecule has 1 N–H and O–H groups in total. The van der Waals surface area contributed by atoms with E-state index in [0.717, 1.165) is 31.5 Å². The third-order valence-electron chi connectivity index (χ3n) is 6.11. The number of hydrogen-bond donors (Lipinski definition) is 1. The van der Waals surface area contributed by atoms with Gasteiger partial charge in [-0.05, 0) is 61.9 Å². The van der Waals surface area contributed by atoms with E-state index in [1.54, 1.807) is 6.07 Å². The number of rotatable bonds is 4. The molecule has 0 radical (unpaired) electrons. The van der Waals surface area contributed by atoms with Crippen molar-refractivity contribution in [1.29, 1.82) is 0 Å². The third kappa shape index (κ3) is 3.82. The number of hydrogen-bond acceptors (Lipinski definition) is 4. The van der Waals surface area contributed by atoms with Crippen LogP contribution in [0.4, 0.5) is 4.39 Å². The van der Waals surface area contributed by atoms with Gasteiger partial charge in [0.15, 0.2) is 0 Å². The zero-order valence-corrected chi connectivity index (χ0v) is 17.1. The van der Waals surface area contributed by atoms with E-state index in [0.29, 0.717) is 6.04 Å². The first kappa shape index (κ1) is 18.7. The first-order valence-corrected chi connectivity index (χ1v) is 10.6. The van der Waals surface area contributed by atoms with Crippen LogP contribution in [0.2, 0.25) is 0 Å². The van der Waals surface area contributed by atoms with Gasteiger partial charge in [0.25, 0.3) is 0 Å². The fourth-order valence-electron chi connectivity index (χ4n) is 4.23. The molecular formula is C22H28FN3S. The summed E-state index contributed by atoms with van der Waals surface area (Å²) in [5.74, 6) is -0.147. The average molecular weight is 386 g/mol. The highest BCUT2D eigenvalue weighted by Gasteiger charge is 2.30. The van der Waals surface area contributed by atoms with E-state index in [4.69, 9.17) is 0 Å². The predicted molar refractivity (Wildman–Crippen MR) is 111 cm³/mol. The highest BCUT2D eigenvalue weighted by molar-refractivity contribution is 7.11. The van der Waals surface area contributed by atoms with Gasteiger partial charge in [0.1, 0.15) is 12.0 Å². The normalized spacial score (nSPS) is 22.4. The van der Waals surface area contributed by atoms with Crippen molar-refractivity contribution in [3.05, 3.63) is 63.2 Å². The van der Waals surface area contributed by atoms with Crippen molar-refractivity contribution in [2.45, 2.75) is 44.9 Å². The summed E-state index contributed by atoms with van der Waals surface area (Å²) in [6.07, 6.45) is 4.77. The second-order valence-electron chi connectivity index (χ2n) is 7.75. The van der Waals surface area contributed by atoms with Gasteiger partial charge in [-0.2, -0.15) is 0 Å². The van der Waals surface area contributed by atoms with Crippen LogP contribution < -0.4 is 5.32 Å². The molecule has 0 saturated carbocycles. The van der Waals surface area contributed by atoms with Gasteiger partial charge in [0.2, 0.25) is 0 Å². The SMILES string of the molecule is CC1=Cc2sccc2C(NC2CCN(C(C)c3cccc(F)c3)CC2)N1C. The highest BCUT2D eigenvalue weighted by atomic mass is 32.1. The summed E-state index contributed by atoms with van der Waals surface area (Å²) in [5.41, 5.74) is 3.76. The molecular weight excluding hydrogens is 357 g/mol. The molecule has 0 bridgehead atoms. The Bertz CT molecular complexity index is 822. The van der Waals surface area contributed by atoms with Gasteiger partial charge < -0.3 is 4.90 Å². The Morgan fingerprint density at radius 1 is 1.22 bits per heavy atom. The van der Waals surface area contributed by atoms with Gasteiger partial charge >= 0.3 is 0 Å². The van der Waals surface area contributed by atoms with Gasteiger partial charge in [-0.25, -0.2) is 4.39 Å². The summed E-state index contributed by atoms with van der Waals surface area (Å²) in [4.78, 5) is 6.19. The van der Waals surface area contributed by atoms with Crippen LogP contribution in [-0.4, -0.2) is 36.0 Å². The predicted octanol–water partition coefficient (Wildman–Crippen LogP) is 5.01. The van der Waals surface area contributed by atoms with Gasteiger partial charge in [0, 0.05) is 48.4 Å². The van der Waals surface area contributed by atoms with Crippen molar-refractivity contribution in [1.82, 2.24) is 15.1 Å². The first-order valence-electron chi connectivity index (χ1n) is 9.77. The number of fused-ring (bicyclic) bond motifs is 1. The molecule has 5 heteroatoms. The Morgan fingerprint density at radius 3 is 2.74 bits per heavy atom. The van der Waals surface area contributed by atoms with Crippen molar-refractivity contribution in [2.75, 3.05) is 20.1 Å². The molecule has 144 valence electrons. The number of thiophene rings is 1. The van der Waals surface area contributed by atoms with Gasteiger partial charge in [0.05, 0.1) is 0 Å². The number of nitrogens with one attached hydrogen (secondary N) is 1. The minimum absolute atomic E-state index is 0.147. The molecule has 27 heavy (non-hydrogen) atoms. The Kier molecular flexibility index (Phi) is 5.35. The van der Waals surface area contributed by atoms with Crippen LogP contribution in [0, 0.1) is 5.82 Å². The first-order chi connectivity index (χ1) is 13.0. The lowest BCUT2D eigenvalue weighted by Gasteiger charge is -2.41. The topological polar surface area (TPSA) is 18.5 Å². The number of allylic oxidation sites excluding steroid dienone is 1. The molecule has 0 spiro atoms. The fourth-order valence-corrected chi connectivity index (χ4v) is 5.15. The van der Waals surface area contributed by atoms with E-state index in [9.17, 15) is 4.39 Å². The lowest BCUT2D eigenvalue weighted by atomic mass is 9.98. The Morgan fingerprint density at radius 2 is 2.00 bits per heavy atom. The highest BCUT2D eigenvalue weighted by Crippen LogP contribution is 2.35. The molecule has 3 nitrogen and oxygen atoms in total. The van der Waals surface area contributed by atoms with E-state index in [-0.39, 0.29) is 18.0 Å². The monoisotopic (exact) mass is 385 g/mol. The number of likely N-dealkylation sites (tertiary alicyclic amines) is 1. The van der Waals surface area contributed by atoms with Crippen LogP contribution in [0.1, 0.15) is 54.9 Å². The Balaban J connectivity index is 1.38. The Labute approximate surface area is 165 Å². The van der Waals surface area contributed by atoms with Crippen LogP contribution in [0.5, 0.6) is 0 Å². The van der Waals surface area contributed by atoms with Crippen LogP contribution in [0.3, 0.4) is 0 Å². The molecule has 1 fully saturated rings. The van der Waals surface area contributed by atoms with Crippen molar-refractivity contribution < 1.29 is 4.39 Å². The van der Waals surface area contributed by atoms with E-state index in [1.807, 2.05) is 23.5 Å². The van der Waals surface area contributed by atoms with Gasteiger partial charge in [-0.3, -0.25) is 10.2 Å². The molecule has 2 aliphatic heterocycles. The van der Waals surface area contributed by atoms with Crippen LogP contribution in [0.25, 0.3) is 6.08 Å². The second-order valence-corrected chi connectivity index (χ2v) is 8.69. The maximum Gasteiger partial charge on any atom is 0.123 e. The quantitative estimate of drug-likeness (QED) is 0.798. The lowest BCUT2D eigenvalue weighted by molar-refractivity contribution is 0.131. The molecule has 3 heterocycles.